The summed E-state index contributed by atoms with van der Waals surface area (Å²) in [5, 5.41) is 0.583. The second kappa shape index (κ2) is 6.97. The summed E-state index contributed by atoms with van der Waals surface area (Å²) in [4.78, 5) is 26.6. The number of halogens is 2. The van der Waals surface area contributed by atoms with Crippen molar-refractivity contribution in [3.8, 4) is 29.2 Å². The van der Waals surface area contributed by atoms with Crippen molar-refractivity contribution in [3.63, 3.8) is 0 Å². The number of aromatic nitrogens is 2. The van der Waals surface area contributed by atoms with Gasteiger partial charge in [-0.15, -0.1) is 6.42 Å². The normalized spacial score (nSPS) is 16.2. The molecule has 0 unspecified atom stereocenters. The number of hydrogen-bond acceptors (Lipinski definition) is 4. The van der Waals surface area contributed by atoms with Gasteiger partial charge in [0.15, 0.2) is 6.61 Å². The van der Waals surface area contributed by atoms with Gasteiger partial charge in [0.05, 0.1) is 49.1 Å². The lowest BCUT2D eigenvalue weighted by Crippen LogP contribution is -2.39. The lowest BCUT2D eigenvalue weighted by atomic mass is 10.1. The number of rotatable bonds is 2. The summed E-state index contributed by atoms with van der Waals surface area (Å²) in [6.45, 7) is 1.72. The van der Waals surface area contributed by atoms with Crippen LogP contribution in [0.4, 0.5) is 5.69 Å². The van der Waals surface area contributed by atoms with Crippen LogP contribution in [0.2, 0.25) is 10.2 Å². The maximum absolute atomic E-state index is 13.0. The van der Waals surface area contributed by atoms with Crippen LogP contribution in [0, 0.1) is 12.3 Å². The molecular formula is C18H15Cl2N3O4. The fraction of sp³-hybridized carbons (Fsp3) is 0.333. The zero-order chi connectivity index (χ0) is 19.1. The molecule has 3 heterocycles. The largest absolute Gasteiger partial charge is 0.482 e. The maximum Gasteiger partial charge on any atom is 0.276 e. The zero-order valence-electron chi connectivity index (χ0n) is 14.2. The van der Waals surface area contributed by atoms with E-state index in [1.54, 1.807) is 21.5 Å². The van der Waals surface area contributed by atoms with Crippen molar-refractivity contribution in [2.24, 2.45) is 0 Å². The number of fused-ring (bicyclic) bond motifs is 2. The molecular weight excluding hydrogens is 393 g/mol. The molecule has 9 heteroatoms. The average molecular weight is 408 g/mol. The van der Waals surface area contributed by atoms with E-state index in [2.05, 4.69) is 5.92 Å². The van der Waals surface area contributed by atoms with Crippen LogP contribution >= 0.6 is 23.2 Å². The fourth-order valence-corrected chi connectivity index (χ4v) is 3.92. The fourth-order valence-electron chi connectivity index (χ4n) is 3.31. The molecule has 1 amide bonds. The lowest BCUT2D eigenvalue weighted by Gasteiger charge is -2.28. The van der Waals surface area contributed by atoms with Crippen LogP contribution in [0.15, 0.2) is 16.9 Å². The van der Waals surface area contributed by atoms with Gasteiger partial charge in [0.2, 0.25) is 0 Å². The molecule has 0 aliphatic carbocycles. The Balaban J connectivity index is 1.91. The summed E-state index contributed by atoms with van der Waals surface area (Å²) in [6, 6.07) is 3.21. The summed E-state index contributed by atoms with van der Waals surface area (Å²) in [6.07, 6.45) is 5.39. The van der Waals surface area contributed by atoms with Gasteiger partial charge in [0.25, 0.3) is 11.5 Å². The molecule has 0 radical (unpaired) electrons. The molecule has 4 rings (SSSR count). The standard InChI is InChI=1S/C18H15Cl2N3O4/c1-2-3-21-13-8-11(12(19)9-14(13)27-10-15(21)24)16-17(20)22-4-6-26-7-5-23(22)18(16)25/h1,8-9H,3-7,10H2. The molecule has 7 nitrogen and oxygen atoms in total. The molecule has 1 aromatic heterocycles. The van der Waals surface area contributed by atoms with Crippen molar-refractivity contribution < 1.29 is 14.3 Å². The summed E-state index contributed by atoms with van der Waals surface area (Å²) in [5.74, 6) is 2.63. The van der Waals surface area contributed by atoms with Crippen molar-refractivity contribution in [2.45, 2.75) is 13.1 Å². The highest BCUT2D eigenvalue weighted by atomic mass is 35.5. The van der Waals surface area contributed by atoms with E-state index in [4.69, 9.17) is 39.1 Å². The van der Waals surface area contributed by atoms with E-state index in [-0.39, 0.29) is 35.3 Å². The monoisotopic (exact) mass is 407 g/mol. The second-order valence-electron chi connectivity index (χ2n) is 6.10. The number of hydrogen-bond donors (Lipinski definition) is 0. The Labute approximate surface area is 164 Å². The highest BCUT2D eigenvalue weighted by Gasteiger charge is 2.29. The Kier molecular flexibility index (Phi) is 4.64. The van der Waals surface area contributed by atoms with Gasteiger partial charge in [0, 0.05) is 11.6 Å². The molecule has 1 aromatic carbocycles. The molecule has 0 atom stereocenters. The van der Waals surface area contributed by atoms with Gasteiger partial charge >= 0.3 is 0 Å². The van der Waals surface area contributed by atoms with E-state index in [1.807, 2.05) is 0 Å². The Morgan fingerprint density at radius 1 is 1.15 bits per heavy atom. The number of benzene rings is 1. The van der Waals surface area contributed by atoms with E-state index in [0.29, 0.717) is 48.3 Å². The number of nitrogens with zero attached hydrogens (tertiary/aromatic N) is 3. The number of ether oxygens (including phenoxy) is 2. The molecule has 0 spiro atoms. The Bertz CT molecular complexity index is 1030. The number of terminal acetylenes is 1. The highest BCUT2D eigenvalue weighted by molar-refractivity contribution is 6.36. The molecule has 0 bridgehead atoms. The molecule has 27 heavy (non-hydrogen) atoms. The van der Waals surface area contributed by atoms with Crippen molar-refractivity contribution in [2.75, 3.05) is 31.3 Å². The molecule has 2 aliphatic rings. The number of carbonyl (C=O) groups is 1. The molecule has 0 N–H and O–H groups in total. The van der Waals surface area contributed by atoms with Gasteiger partial charge in [-0.05, 0) is 6.07 Å². The zero-order valence-corrected chi connectivity index (χ0v) is 15.7. The van der Waals surface area contributed by atoms with Crippen molar-refractivity contribution in [1.29, 1.82) is 0 Å². The van der Waals surface area contributed by atoms with E-state index in [9.17, 15) is 9.59 Å². The third-order valence-corrected chi connectivity index (χ3v) is 5.27. The van der Waals surface area contributed by atoms with E-state index >= 15 is 0 Å². The molecule has 2 aromatic rings. The summed E-state index contributed by atoms with van der Waals surface area (Å²) in [5.41, 5.74) is 0.914. The first kappa shape index (κ1) is 18.0. The minimum absolute atomic E-state index is 0.0899. The topological polar surface area (TPSA) is 65.7 Å². The predicted molar refractivity (Wildman–Crippen MR) is 102 cm³/mol. The third kappa shape index (κ3) is 2.90. The van der Waals surface area contributed by atoms with E-state index < -0.39 is 0 Å². The van der Waals surface area contributed by atoms with E-state index in [1.165, 1.54) is 4.90 Å². The molecule has 0 saturated carbocycles. The van der Waals surface area contributed by atoms with Gasteiger partial charge in [-0.25, -0.2) is 4.68 Å². The van der Waals surface area contributed by atoms with Crippen LogP contribution < -0.4 is 15.2 Å². The van der Waals surface area contributed by atoms with Gasteiger partial charge in [0.1, 0.15) is 10.9 Å². The van der Waals surface area contributed by atoms with Gasteiger partial charge in [-0.2, -0.15) is 0 Å². The van der Waals surface area contributed by atoms with Gasteiger partial charge in [-0.1, -0.05) is 29.1 Å². The quantitative estimate of drug-likeness (QED) is 0.714. The SMILES string of the molecule is C#CCN1C(=O)COc2cc(Cl)c(-c3c(Cl)n4n(c3=O)CCOCC4)cc21. The van der Waals surface area contributed by atoms with Crippen molar-refractivity contribution in [3.05, 3.63) is 32.7 Å². The third-order valence-electron chi connectivity index (χ3n) is 4.58. The first-order valence-electron chi connectivity index (χ1n) is 8.30. The highest BCUT2D eigenvalue weighted by Crippen LogP contribution is 2.41. The summed E-state index contributed by atoms with van der Waals surface area (Å²) < 4.78 is 14.1. The molecule has 140 valence electrons. The minimum atomic E-state index is -0.265. The van der Waals surface area contributed by atoms with Crippen LogP contribution in [0.1, 0.15) is 0 Å². The Morgan fingerprint density at radius 3 is 2.63 bits per heavy atom. The first-order valence-corrected chi connectivity index (χ1v) is 9.06. The number of carbonyl (C=O) groups excluding carboxylic acids is 1. The van der Waals surface area contributed by atoms with Crippen molar-refractivity contribution >= 4 is 34.8 Å². The van der Waals surface area contributed by atoms with E-state index in [0.717, 1.165) is 0 Å². The summed E-state index contributed by atoms with van der Waals surface area (Å²) in [7, 11) is 0. The average Bonchev–Trinajstić information content (AvgIpc) is 2.83. The molecule has 0 saturated heterocycles. The van der Waals surface area contributed by atoms with Crippen LogP contribution in [-0.4, -0.2) is 41.6 Å². The molecule has 0 fully saturated rings. The smallest absolute Gasteiger partial charge is 0.276 e. The predicted octanol–water partition coefficient (Wildman–Crippen LogP) is 2.01. The van der Waals surface area contributed by atoms with Crippen LogP contribution in [0.3, 0.4) is 0 Å². The Morgan fingerprint density at radius 2 is 1.89 bits per heavy atom. The van der Waals surface area contributed by atoms with Gasteiger partial charge < -0.3 is 9.47 Å². The van der Waals surface area contributed by atoms with Crippen LogP contribution in [-0.2, 0) is 22.6 Å². The minimum Gasteiger partial charge on any atom is -0.482 e. The Hall–Kier alpha value is -2.40. The van der Waals surface area contributed by atoms with Crippen LogP contribution in [0.25, 0.3) is 11.1 Å². The number of anilines is 1. The number of amides is 1. The summed E-state index contributed by atoms with van der Waals surface area (Å²) >= 11 is 13.0. The first-order chi connectivity index (χ1) is 13.0. The van der Waals surface area contributed by atoms with Crippen LogP contribution in [0.5, 0.6) is 5.75 Å². The van der Waals surface area contributed by atoms with Crippen molar-refractivity contribution in [1.82, 2.24) is 9.36 Å². The molecule has 2 aliphatic heterocycles. The second-order valence-corrected chi connectivity index (χ2v) is 6.87. The van der Waals surface area contributed by atoms with Gasteiger partial charge in [-0.3, -0.25) is 19.2 Å². The maximum atomic E-state index is 13.0. The lowest BCUT2D eigenvalue weighted by molar-refractivity contribution is -0.121.